The first-order valence-corrected chi connectivity index (χ1v) is 6.67. The Morgan fingerprint density at radius 1 is 0.905 bits per heavy atom. The summed E-state index contributed by atoms with van der Waals surface area (Å²) in [4.78, 5) is 23.5. The van der Waals surface area contributed by atoms with Crippen LogP contribution >= 0.6 is 0 Å². The second-order valence-corrected chi connectivity index (χ2v) is 4.67. The Bertz CT molecular complexity index is 596. The van der Waals surface area contributed by atoms with E-state index in [1.54, 1.807) is 12.1 Å². The van der Waals surface area contributed by atoms with Crippen molar-refractivity contribution in [1.29, 1.82) is 0 Å². The first kappa shape index (κ1) is 14.9. The van der Waals surface area contributed by atoms with Gasteiger partial charge in [-0.15, -0.1) is 0 Å². The minimum atomic E-state index is -1.13. The van der Waals surface area contributed by atoms with Crippen LogP contribution in [0.3, 0.4) is 0 Å². The number of carbonyl (C=O) groups excluding carboxylic acids is 2. The number of benzene rings is 2. The van der Waals surface area contributed by atoms with Gasteiger partial charge in [0.05, 0.1) is 6.04 Å². The van der Waals surface area contributed by atoms with Crippen molar-refractivity contribution >= 4 is 11.8 Å². The first-order chi connectivity index (χ1) is 10.2. The molecule has 0 spiro atoms. The van der Waals surface area contributed by atoms with Crippen LogP contribution in [0.5, 0.6) is 0 Å². The molecule has 1 radical (unpaired) electrons. The summed E-state index contributed by atoms with van der Waals surface area (Å²) in [5, 5.41) is 0. The monoisotopic (exact) mass is 282 g/mol. The predicted molar refractivity (Wildman–Crippen MR) is 78.3 cm³/mol. The van der Waals surface area contributed by atoms with Crippen LogP contribution in [-0.4, -0.2) is 17.8 Å². The van der Waals surface area contributed by atoms with Crippen LogP contribution in [-0.2, 0) is 27.4 Å². The highest BCUT2D eigenvalue weighted by molar-refractivity contribution is 6.35. The van der Waals surface area contributed by atoms with Gasteiger partial charge in [-0.2, -0.15) is 0 Å². The maximum Gasteiger partial charge on any atom is 0.376 e. The van der Waals surface area contributed by atoms with E-state index >= 15 is 0 Å². The standard InChI is InChI=1S/C17H16NO3/c18-15(11-13-7-3-1-4-8-13)16(19)17(20)21-12-14-9-5-2-6-10-14/h1-10,15,18H,11-12H2/t15-/m0/s1. The van der Waals surface area contributed by atoms with E-state index in [1.165, 1.54) is 0 Å². The third-order valence-electron chi connectivity index (χ3n) is 3.01. The molecule has 2 aromatic carbocycles. The Morgan fingerprint density at radius 3 is 2.00 bits per heavy atom. The normalized spacial score (nSPS) is 11.7. The van der Waals surface area contributed by atoms with Crippen LogP contribution in [0.25, 0.3) is 0 Å². The molecule has 2 aromatic rings. The van der Waals surface area contributed by atoms with Gasteiger partial charge in [-0.1, -0.05) is 60.7 Å². The Morgan fingerprint density at radius 2 is 1.43 bits per heavy atom. The lowest BCUT2D eigenvalue weighted by atomic mass is 10.0. The molecule has 0 bridgehead atoms. The van der Waals surface area contributed by atoms with E-state index in [9.17, 15) is 9.59 Å². The van der Waals surface area contributed by atoms with Crippen molar-refractivity contribution in [2.75, 3.05) is 0 Å². The number of hydrogen-bond donors (Lipinski definition) is 0. The van der Waals surface area contributed by atoms with E-state index in [0.717, 1.165) is 11.1 Å². The average molecular weight is 282 g/mol. The van der Waals surface area contributed by atoms with Crippen LogP contribution in [0.2, 0.25) is 0 Å². The highest BCUT2D eigenvalue weighted by atomic mass is 16.5. The van der Waals surface area contributed by atoms with Gasteiger partial charge in [-0.25, -0.2) is 10.5 Å². The molecular weight excluding hydrogens is 266 g/mol. The fourth-order valence-corrected chi connectivity index (χ4v) is 1.88. The third kappa shape index (κ3) is 4.54. The van der Waals surface area contributed by atoms with E-state index in [1.807, 2.05) is 48.5 Å². The molecule has 0 saturated heterocycles. The maximum atomic E-state index is 11.8. The number of ketones is 1. The molecule has 0 heterocycles. The molecular formula is C17H16NO3. The fraction of sp³-hybridized carbons (Fsp3) is 0.176. The van der Waals surface area contributed by atoms with Crippen LogP contribution in [0, 0.1) is 0 Å². The van der Waals surface area contributed by atoms with Crippen LogP contribution in [0.1, 0.15) is 11.1 Å². The second kappa shape index (κ2) is 7.36. The molecule has 4 heteroatoms. The number of rotatable bonds is 6. The number of esters is 1. The minimum absolute atomic E-state index is 0.0451. The van der Waals surface area contributed by atoms with Gasteiger partial charge >= 0.3 is 5.97 Å². The number of Topliss-reactive ketones (excluding diaryl/α,β-unsaturated/α-hetero) is 1. The number of carbonyl (C=O) groups is 2. The van der Waals surface area contributed by atoms with Crippen LogP contribution in [0.4, 0.5) is 0 Å². The molecule has 21 heavy (non-hydrogen) atoms. The molecule has 0 unspecified atom stereocenters. The third-order valence-corrected chi connectivity index (χ3v) is 3.01. The Balaban J connectivity index is 1.85. The minimum Gasteiger partial charge on any atom is -0.455 e. The SMILES string of the molecule is [NH][C@@H](Cc1ccccc1)C(=O)C(=O)OCc1ccccc1. The van der Waals surface area contributed by atoms with Crippen molar-refractivity contribution in [2.24, 2.45) is 0 Å². The van der Waals surface area contributed by atoms with Crippen molar-refractivity contribution in [3.05, 3.63) is 71.8 Å². The summed E-state index contributed by atoms with van der Waals surface area (Å²) in [5.74, 6) is -1.76. The Kier molecular flexibility index (Phi) is 5.23. The van der Waals surface area contributed by atoms with Crippen molar-refractivity contribution in [1.82, 2.24) is 5.73 Å². The van der Waals surface area contributed by atoms with E-state index in [2.05, 4.69) is 0 Å². The Hall–Kier alpha value is -2.46. The van der Waals surface area contributed by atoms with E-state index in [4.69, 9.17) is 10.5 Å². The van der Waals surface area contributed by atoms with Crippen molar-refractivity contribution in [3.63, 3.8) is 0 Å². The summed E-state index contributed by atoms with van der Waals surface area (Å²) in [6, 6.07) is 17.2. The molecule has 0 aromatic heterocycles. The summed E-state index contributed by atoms with van der Waals surface area (Å²) >= 11 is 0. The van der Waals surface area contributed by atoms with Gasteiger partial charge in [0.25, 0.3) is 5.78 Å². The topological polar surface area (TPSA) is 67.2 Å². The summed E-state index contributed by atoms with van der Waals surface area (Å²) in [6.45, 7) is 0.0451. The molecule has 107 valence electrons. The van der Waals surface area contributed by atoms with Gasteiger partial charge in [-0.3, -0.25) is 4.79 Å². The van der Waals surface area contributed by atoms with Crippen LogP contribution < -0.4 is 5.73 Å². The zero-order chi connectivity index (χ0) is 15.1. The van der Waals surface area contributed by atoms with Gasteiger partial charge in [0.15, 0.2) is 0 Å². The fourth-order valence-electron chi connectivity index (χ4n) is 1.88. The smallest absolute Gasteiger partial charge is 0.376 e. The van der Waals surface area contributed by atoms with Crippen molar-refractivity contribution < 1.29 is 14.3 Å². The Labute approximate surface area is 123 Å². The number of hydrogen-bond acceptors (Lipinski definition) is 3. The van der Waals surface area contributed by atoms with Gasteiger partial charge in [0.1, 0.15) is 6.61 Å². The van der Waals surface area contributed by atoms with Crippen molar-refractivity contribution in [2.45, 2.75) is 19.1 Å². The van der Waals surface area contributed by atoms with Gasteiger partial charge in [-0.05, 0) is 17.5 Å². The zero-order valence-corrected chi connectivity index (χ0v) is 11.5. The van der Waals surface area contributed by atoms with Crippen molar-refractivity contribution in [3.8, 4) is 0 Å². The maximum absolute atomic E-state index is 11.8. The largest absolute Gasteiger partial charge is 0.455 e. The number of nitrogens with one attached hydrogen (secondary N) is 1. The van der Waals surface area contributed by atoms with Gasteiger partial charge < -0.3 is 4.74 Å². The lowest BCUT2D eigenvalue weighted by Gasteiger charge is -2.09. The molecule has 0 aliphatic rings. The molecule has 0 aliphatic carbocycles. The predicted octanol–water partition coefficient (Wildman–Crippen LogP) is 2.19. The molecule has 0 saturated carbocycles. The molecule has 0 fully saturated rings. The molecule has 4 nitrogen and oxygen atoms in total. The van der Waals surface area contributed by atoms with Crippen LogP contribution in [0.15, 0.2) is 60.7 Å². The molecule has 1 N–H and O–H groups in total. The highest BCUT2D eigenvalue weighted by Gasteiger charge is 2.24. The highest BCUT2D eigenvalue weighted by Crippen LogP contribution is 2.05. The molecule has 0 amide bonds. The van der Waals surface area contributed by atoms with Gasteiger partial charge in [0.2, 0.25) is 0 Å². The average Bonchev–Trinajstić information content (AvgIpc) is 2.53. The number of ether oxygens (including phenoxy) is 1. The zero-order valence-electron chi connectivity index (χ0n) is 11.5. The summed E-state index contributed by atoms with van der Waals surface area (Å²) < 4.78 is 4.94. The van der Waals surface area contributed by atoms with E-state index in [0.29, 0.717) is 0 Å². The first-order valence-electron chi connectivity index (χ1n) is 6.67. The lowest BCUT2D eigenvalue weighted by molar-refractivity contribution is -0.155. The summed E-state index contributed by atoms with van der Waals surface area (Å²) in [6.07, 6.45) is 0.208. The molecule has 2 rings (SSSR count). The molecule has 1 atom stereocenters. The van der Waals surface area contributed by atoms with E-state index < -0.39 is 17.8 Å². The van der Waals surface area contributed by atoms with E-state index in [-0.39, 0.29) is 13.0 Å². The second-order valence-electron chi connectivity index (χ2n) is 4.67. The lowest BCUT2D eigenvalue weighted by Crippen LogP contribution is -2.32. The summed E-state index contributed by atoms with van der Waals surface area (Å²) in [7, 11) is 0. The van der Waals surface area contributed by atoms with Gasteiger partial charge in [0, 0.05) is 0 Å². The molecule has 0 aliphatic heterocycles. The summed E-state index contributed by atoms with van der Waals surface area (Å²) in [5.41, 5.74) is 9.44. The quantitative estimate of drug-likeness (QED) is 0.602.